The Morgan fingerprint density at radius 2 is 2.00 bits per heavy atom. The SMILES string of the molecule is CC(CO)N1C(=O)c2cccc(O)c2C1=O. The Balaban J connectivity index is 2.53. The Morgan fingerprint density at radius 1 is 1.31 bits per heavy atom. The molecule has 0 saturated heterocycles. The smallest absolute Gasteiger partial charge is 0.265 e. The summed E-state index contributed by atoms with van der Waals surface area (Å²) in [5, 5.41) is 18.5. The Labute approximate surface area is 91.9 Å². The largest absolute Gasteiger partial charge is 0.507 e. The number of aliphatic hydroxyl groups is 1. The van der Waals surface area contributed by atoms with Crippen LogP contribution in [0.5, 0.6) is 5.75 Å². The number of phenols is 1. The number of aromatic hydroxyl groups is 1. The van der Waals surface area contributed by atoms with Gasteiger partial charge < -0.3 is 10.2 Å². The third-order valence-corrected chi connectivity index (χ3v) is 2.63. The Bertz CT molecular complexity index is 469. The zero-order valence-electron chi connectivity index (χ0n) is 8.67. The fourth-order valence-corrected chi connectivity index (χ4v) is 1.77. The lowest BCUT2D eigenvalue weighted by Gasteiger charge is -2.19. The highest BCUT2D eigenvalue weighted by atomic mass is 16.3. The lowest BCUT2D eigenvalue weighted by Crippen LogP contribution is -2.40. The molecule has 0 aliphatic carbocycles. The molecule has 1 aromatic rings. The van der Waals surface area contributed by atoms with Crippen LogP contribution in [0.15, 0.2) is 18.2 Å². The second-order valence-electron chi connectivity index (χ2n) is 3.71. The number of phenolic OH excluding ortho intramolecular Hbond substituents is 1. The zero-order chi connectivity index (χ0) is 11.9. The maximum absolute atomic E-state index is 11.9. The number of fused-ring (bicyclic) bond motifs is 1. The van der Waals surface area contributed by atoms with E-state index in [4.69, 9.17) is 5.11 Å². The molecule has 0 bridgehead atoms. The number of benzene rings is 1. The first-order chi connectivity index (χ1) is 7.57. The summed E-state index contributed by atoms with van der Waals surface area (Å²) in [6, 6.07) is 3.76. The first kappa shape index (κ1) is 10.6. The molecule has 0 radical (unpaired) electrons. The average molecular weight is 221 g/mol. The molecule has 16 heavy (non-hydrogen) atoms. The summed E-state index contributed by atoms with van der Waals surface area (Å²) in [6.07, 6.45) is 0. The van der Waals surface area contributed by atoms with Crippen molar-refractivity contribution in [3.8, 4) is 5.75 Å². The minimum Gasteiger partial charge on any atom is -0.507 e. The van der Waals surface area contributed by atoms with Crippen LogP contribution in [0, 0.1) is 0 Å². The van der Waals surface area contributed by atoms with Crippen LogP contribution in [0.4, 0.5) is 0 Å². The summed E-state index contributed by atoms with van der Waals surface area (Å²) >= 11 is 0. The molecule has 5 nitrogen and oxygen atoms in total. The van der Waals surface area contributed by atoms with Gasteiger partial charge in [-0.25, -0.2) is 0 Å². The van der Waals surface area contributed by atoms with Crippen molar-refractivity contribution >= 4 is 11.8 Å². The van der Waals surface area contributed by atoms with Gasteiger partial charge in [-0.15, -0.1) is 0 Å². The molecular weight excluding hydrogens is 210 g/mol. The second-order valence-corrected chi connectivity index (χ2v) is 3.71. The van der Waals surface area contributed by atoms with Crippen LogP contribution in [0.3, 0.4) is 0 Å². The van der Waals surface area contributed by atoms with E-state index < -0.39 is 17.9 Å². The number of nitrogens with zero attached hydrogens (tertiary/aromatic N) is 1. The fourth-order valence-electron chi connectivity index (χ4n) is 1.77. The molecule has 0 spiro atoms. The van der Waals surface area contributed by atoms with Gasteiger partial charge in [-0.2, -0.15) is 0 Å². The molecular formula is C11H11NO4. The number of carbonyl (C=O) groups excluding carboxylic acids is 2. The van der Waals surface area contributed by atoms with Crippen LogP contribution < -0.4 is 0 Å². The molecule has 2 rings (SSSR count). The molecule has 1 aromatic carbocycles. The van der Waals surface area contributed by atoms with Gasteiger partial charge in [0, 0.05) is 0 Å². The zero-order valence-corrected chi connectivity index (χ0v) is 8.67. The Hall–Kier alpha value is -1.88. The summed E-state index contributed by atoms with van der Waals surface area (Å²) in [6.45, 7) is 1.27. The predicted molar refractivity (Wildman–Crippen MR) is 55.2 cm³/mol. The van der Waals surface area contributed by atoms with Crippen LogP contribution in [0.25, 0.3) is 0 Å². The first-order valence-electron chi connectivity index (χ1n) is 4.88. The van der Waals surface area contributed by atoms with Crippen molar-refractivity contribution < 1.29 is 19.8 Å². The molecule has 0 fully saturated rings. The summed E-state index contributed by atoms with van der Waals surface area (Å²) in [7, 11) is 0. The number of hydrogen-bond donors (Lipinski definition) is 2. The molecule has 1 atom stereocenters. The van der Waals surface area contributed by atoms with Crippen LogP contribution in [-0.2, 0) is 0 Å². The van der Waals surface area contributed by atoms with Gasteiger partial charge in [0.25, 0.3) is 11.8 Å². The number of carbonyl (C=O) groups is 2. The van der Waals surface area contributed by atoms with E-state index in [0.717, 1.165) is 4.90 Å². The van der Waals surface area contributed by atoms with Crippen molar-refractivity contribution in [3.05, 3.63) is 29.3 Å². The highest BCUT2D eigenvalue weighted by Gasteiger charge is 2.39. The molecule has 84 valence electrons. The fraction of sp³-hybridized carbons (Fsp3) is 0.273. The normalized spacial score (nSPS) is 16.5. The molecule has 1 heterocycles. The van der Waals surface area contributed by atoms with Crippen LogP contribution in [0.1, 0.15) is 27.6 Å². The van der Waals surface area contributed by atoms with Gasteiger partial charge >= 0.3 is 0 Å². The van der Waals surface area contributed by atoms with Crippen molar-refractivity contribution in [2.24, 2.45) is 0 Å². The molecule has 1 unspecified atom stereocenters. The van der Waals surface area contributed by atoms with Crippen molar-refractivity contribution in [3.63, 3.8) is 0 Å². The van der Waals surface area contributed by atoms with E-state index >= 15 is 0 Å². The van der Waals surface area contributed by atoms with Crippen molar-refractivity contribution in [1.82, 2.24) is 4.90 Å². The van der Waals surface area contributed by atoms with Gasteiger partial charge in [-0.3, -0.25) is 14.5 Å². The molecule has 0 saturated carbocycles. The van der Waals surface area contributed by atoms with E-state index in [0.29, 0.717) is 0 Å². The minimum atomic E-state index is -0.591. The van der Waals surface area contributed by atoms with Crippen molar-refractivity contribution in [2.75, 3.05) is 6.61 Å². The first-order valence-corrected chi connectivity index (χ1v) is 4.88. The molecule has 5 heteroatoms. The number of aliphatic hydroxyl groups excluding tert-OH is 1. The van der Waals surface area contributed by atoms with E-state index in [1.807, 2.05) is 0 Å². The summed E-state index contributed by atoms with van der Waals surface area (Å²) < 4.78 is 0. The average Bonchev–Trinajstić information content (AvgIpc) is 2.52. The third-order valence-electron chi connectivity index (χ3n) is 2.63. The van der Waals surface area contributed by atoms with Gasteiger partial charge in [0.15, 0.2) is 0 Å². The van der Waals surface area contributed by atoms with Crippen LogP contribution in [-0.4, -0.2) is 39.6 Å². The van der Waals surface area contributed by atoms with Gasteiger partial charge in [0.05, 0.1) is 23.8 Å². The number of amides is 2. The Morgan fingerprint density at radius 3 is 2.56 bits per heavy atom. The summed E-state index contributed by atoms with van der Waals surface area (Å²) in [5.41, 5.74) is 0.207. The molecule has 0 aromatic heterocycles. The van der Waals surface area contributed by atoms with E-state index in [2.05, 4.69) is 0 Å². The van der Waals surface area contributed by atoms with Gasteiger partial charge in [0.1, 0.15) is 5.75 Å². The van der Waals surface area contributed by atoms with E-state index in [1.165, 1.54) is 18.2 Å². The van der Waals surface area contributed by atoms with E-state index in [1.54, 1.807) is 6.92 Å². The predicted octanol–water partition coefficient (Wildman–Crippen LogP) is 0.369. The molecule has 2 N–H and O–H groups in total. The van der Waals surface area contributed by atoms with Crippen LogP contribution >= 0.6 is 0 Å². The van der Waals surface area contributed by atoms with E-state index in [-0.39, 0.29) is 23.5 Å². The number of hydrogen-bond acceptors (Lipinski definition) is 4. The van der Waals surface area contributed by atoms with Gasteiger partial charge in [0.2, 0.25) is 0 Å². The highest BCUT2D eigenvalue weighted by Crippen LogP contribution is 2.30. The molecule has 2 amide bonds. The number of rotatable bonds is 2. The topological polar surface area (TPSA) is 77.8 Å². The summed E-state index contributed by atoms with van der Waals surface area (Å²) in [5.74, 6) is -1.24. The van der Waals surface area contributed by atoms with E-state index in [9.17, 15) is 14.7 Å². The van der Waals surface area contributed by atoms with Gasteiger partial charge in [-0.1, -0.05) is 6.07 Å². The summed E-state index contributed by atoms with van der Waals surface area (Å²) in [4.78, 5) is 24.7. The second kappa shape index (κ2) is 3.61. The standard InChI is InChI=1S/C11H11NO4/c1-6(5-13)12-10(15)7-3-2-4-8(14)9(7)11(12)16/h2-4,6,13-14H,5H2,1H3. The van der Waals surface area contributed by atoms with Crippen molar-refractivity contribution in [1.29, 1.82) is 0 Å². The molecule has 1 aliphatic heterocycles. The Kier molecular flexibility index (Phi) is 2.40. The van der Waals surface area contributed by atoms with Gasteiger partial charge in [-0.05, 0) is 19.1 Å². The highest BCUT2D eigenvalue weighted by molar-refractivity contribution is 6.22. The third kappa shape index (κ3) is 1.29. The monoisotopic (exact) mass is 221 g/mol. The van der Waals surface area contributed by atoms with Crippen molar-refractivity contribution in [2.45, 2.75) is 13.0 Å². The number of imide groups is 1. The van der Waals surface area contributed by atoms with Crippen LogP contribution in [0.2, 0.25) is 0 Å². The lowest BCUT2D eigenvalue weighted by atomic mass is 10.1. The quantitative estimate of drug-likeness (QED) is 0.707. The lowest BCUT2D eigenvalue weighted by molar-refractivity contribution is 0.0536. The maximum atomic E-state index is 11.9. The molecule has 1 aliphatic rings. The maximum Gasteiger partial charge on any atom is 0.265 e. The minimum absolute atomic E-state index is 0.0211.